The van der Waals surface area contributed by atoms with Crippen molar-refractivity contribution in [1.29, 1.82) is 0 Å². The van der Waals surface area contributed by atoms with E-state index in [0.717, 1.165) is 24.1 Å². The third-order valence-corrected chi connectivity index (χ3v) is 2.26. The van der Waals surface area contributed by atoms with Gasteiger partial charge in [-0.3, -0.25) is 4.79 Å². The molecule has 0 unspecified atom stereocenters. The van der Waals surface area contributed by atoms with Crippen LogP contribution in [0.3, 0.4) is 0 Å². The Morgan fingerprint density at radius 2 is 1.88 bits per heavy atom. The predicted octanol–water partition coefficient (Wildman–Crippen LogP) is 4.14. The summed E-state index contributed by atoms with van der Waals surface area (Å²) in [6.45, 7) is 11.5. The molecule has 0 spiro atoms. The third kappa shape index (κ3) is 9.61. The van der Waals surface area contributed by atoms with Crippen LogP contribution in [-0.4, -0.2) is 5.78 Å². The molecule has 0 aliphatic carbocycles. The number of nitrogens with two attached hydrogens (primary N) is 1. The van der Waals surface area contributed by atoms with E-state index in [2.05, 4.69) is 6.58 Å². The lowest BCUT2D eigenvalue weighted by Gasteiger charge is -2.04. The minimum absolute atomic E-state index is 0.308. The van der Waals surface area contributed by atoms with Crippen molar-refractivity contribution >= 4 is 5.78 Å². The van der Waals surface area contributed by atoms with Crippen LogP contribution in [0.1, 0.15) is 53.4 Å². The average Bonchev–Trinajstić information content (AvgIpc) is 2.36. The number of carbonyl (C=O) groups is 1. The molecule has 0 heterocycles. The normalized spacial score (nSPS) is 11.5. The number of rotatable bonds is 7. The minimum atomic E-state index is 0.308. The molecule has 0 saturated carbocycles. The van der Waals surface area contributed by atoms with E-state index in [1.54, 1.807) is 6.08 Å². The van der Waals surface area contributed by atoms with Crippen molar-refractivity contribution in [2.45, 2.75) is 53.4 Å². The van der Waals surface area contributed by atoms with Crippen molar-refractivity contribution in [3.8, 4) is 0 Å². The number of hydrogen-bond acceptors (Lipinski definition) is 2. The summed E-state index contributed by atoms with van der Waals surface area (Å²) >= 11 is 0. The highest BCUT2D eigenvalue weighted by Crippen LogP contribution is 2.12. The van der Waals surface area contributed by atoms with Crippen LogP contribution in [0.25, 0.3) is 0 Å². The minimum Gasteiger partial charge on any atom is -0.399 e. The Morgan fingerprint density at radius 3 is 2.29 bits per heavy atom. The van der Waals surface area contributed by atoms with E-state index in [0.29, 0.717) is 18.6 Å². The molecule has 0 aromatic heterocycles. The Morgan fingerprint density at radius 1 is 1.29 bits per heavy atom. The molecule has 0 aliphatic rings. The highest BCUT2D eigenvalue weighted by molar-refractivity contribution is 5.77. The SMILES string of the molecule is C=C/C(CCCC(=O)CC)=C(N)\C=C/C.CC. The molecule has 0 aromatic carbocycles. The van der Waals surface area contributed by atoms with Crippen LogP contribution in [0.5, 0.6) is 0 Å². The Hall–Kier alpha value is -1.31. The molecule has 0 aromatic rings. The van der Waals surface area contributed by atoms with Crippen LogP contribution in [0, 0.1) is 0 Å². The Balaban J connectivity index is 0. The molecule has 98 valence electrons. The molecule has 2 heteroatoms. The molecule has 0 bridgehead atoms. The second-order valence-corrected chi connectivity index (χ2v) is 3.43. The molecule has 2 nitrogen and oxygen atoms in total. The van der Waals surface area contributed by atoms with Crippen LogP contribution in [0.4, 0.5) is 0 Å². The van der Waals surface area contributed by atoms with Crippen molar-refractivity contribution in [3.63, 3.8) is 0 Å². The van der Waals surface area contributed by atoms with Crippen LogP contribution in [0.15, 0.2) is 36.1 Å². The number of hydrogen-bond donors (Lipinski definition) is 1. The standard InChI is InChI=1S/C13H21NO.C2H6/c1-4-8-13(14)11(5-2)9-7-10-12(15)6-3;1-2/h4-5,8H,2,6-7,9-10,14H2,1,3H3;1-2H3/b8-4-,13-11-;. The number of allylic oxidation sites excluding steroid dienone is 4. The van der Waals surface area contributed by atoms with Gasteiger partial charge in [0.05, 0.1) is 0 Å². The highest BCUT2D eigenvalue weighted by atomic mass is 16.1. The maximum absolute atomic E-state index is 11.1. The van der Waals surface area contributed by atoms with Gasteiger partial charge in [0.15, 0.2) is 0 Å². The lowest BCUT2D eigenvalue weighted by Crippen LogP contribution is -2.00. The van der Waals surface area contributed by atoms with Crippen LogP contribution >= 0.6 is 0 Å². The van der Waals surface area contributed by atoms with Gasteiger partial charge in [-0.05, 0) is 31.4 Å². The van der Waals surface area contributed by atoms with E-state index < -0.39 is 0 Å². The van der Waals surface area contributed by atoms with Crippen LogP contribution in [-0.2, 0) is 4.79 Å². The summed E-state index contributed by atoms with van der Waals surface area (Å²) in [5.41, 5.74) is 7.60. The van der Waals surface area contributed by atoms with Gasteiger partial charge in [-0.15, -0.1) is 0 Å². The van der Waals surface area contributed by atoms with E-state index in [-0.39, 0.29) is 0 Å². The van der Waals surface area contributed by atoms with Gasteiger partial charge in [0.25, 0.3) is 0 Å². The fraction of sp³-hybridized carbons (Fsp3) is 0.533. The van der Waals surface area contributed by atoms with Gasteiger partial charge in [-0.25, -0.2) is 0 Å². The fourth-order valence-electron chi connectivity index (χ4n) is 1.30. The molecule has 0 radical (unpaired) electrons. The summed E-state index contributed by atoms with van der Waals surface area (Å²) in [6.07, 6.45) is 8.46. The molecule has 0 aliphatic heterocycles. The zero-order valence-corrected chi connectivity index (χ0v) is 11.8. The van der Waals surface area contributed by atoms with E-state index >= 15 is 0 Å². The molecule has 0 amide bonds. The van der Waals surface area contributed by atoms with E-state index in [1.807, 2.05) is 39.8 Å². The van der Waals surface area contributed by atoms with E-state index in [9.17, 15) is 4.79 Å². The molecule has 0 atom stereocenters. The third-order valence-electron chi connectivity index (χ3n) is 2.26. The second kappa shape index (κ2) is 12.8. The first-order valence-corrected chi connectivity index (χ1v) is 6.41. The summed E-state index contributed by atoms with van der Waals surface area (Å²) < 4.78 is 0. The molecule has 0 rings (SSSR count). The van der Waals surface area contributed by atoms with Crippen molar-refractivity contribution in [2.24, 2.45) is 5.73 Å². The molecule has 0 fully saturated rings. The first-order valence-electron chi connectivity index (χ1n) is 6.41. The number of ketones is 1. The summed E-state index contributed by atoms with van der Waals surface area (Å²) in [7, 11) is 0. The van der Waals surface area contributed by atoms with Crippen molar-refractivity contribution in [2.75, 3.05) is 0 Å². The molecule has 2 N–H and O–H groups in total. The smallest absolute Gasteiger partial charge is 0.132 e. The monoisotopic (exact) mass is 237 g/mol. The van der Waals surface area contributed by atoms with Gasteiger partial charge in [-0.2, -0.15) is 0 Å². The Bertz CT molecular complexity index is 275. The largest absolute Gasteiger partial charge is 0.399 e. The fourth-order valence-corrected chi connectivity index (χ4v) is 1.30. The number of Topliss-reactive ketones (excluding diaryl/α,β-unsaturated/α-hetero) is 1. The molecular weight excluding hydrogens is 210 g/mol. The van der Waals surface area contributed by atoms with Gasteiger partial charge in [0, 0.05) is 18.5 Å². The predicted molar refractivity (Wildman–Crippen MR) is 76.7 cm³/mol. The zero-order valence-electron chi connectivity index (χ0n) is 11.8. The molecule has 17 heavy (non-hydrogen) atoms. The molecular formula is C15H27NO. The maximum Gasteiger partial charge on any atom is 0.132 e. The van der Waals surface area contributed by atoms with Gasteiger partial charge in [-0.1, -0.05) is 39.5 Å². The van der Waals surface area contributed by atoms with Gasteiger partial charge < -0.3 is 5.73 Å². The van der Waals surface area contributed by atoms with Crippen LogP contribution in [0.2, 0.25) is 0 Å². The van der Waals surface area contributed by atoms with Crippen molar-refractivity contribution in [1.82, 2.24) is 0 Å². The van der Waals surface area contributed by atoms with Crippen molar-refractivity contribution < 1.29 is 4.79 Å². The summed E-state index contributed by atoms with van der Waals surface area (Å²) in [6, 6.07) is 0. The number of carbonyl (C=O) groups excluding carboxylic acids is 1. The van der Waals surface area contributed by atoms with Crippen LogP contribution < -0.4 is 5.73 Å². The topological polar surface area (TPSA) is 43.1 Å². The second-order valence-electron chi connectivity index (χ2n) is 3.43. The van der Waals surface area contributed by atoms with Gasteiger partial charge >= 0.3 is 0 Å². The van der Waals surface area contributed by atoms with E-state index in [4.69, 9.17) is 5.73 Å². The van der Waals surface area contributed by atoms with Gasteiger partial charge in [0.2, 0.25) is 0 Å². The summed E-state index contributed by atoms with van der Waals surface area (Å²) in [5.74, 6) is 0.308. The van der Waals surface area contributed by atoms with Crippen molar-refractivity contribution in [3.05, 3.63) is 36.1 Å². The average molecular weight is 237 g/mol. The quantitative estimate of drug-likeness (QED) is 0.676. The zero-order chi connectivity index (χ0) is 13.7. The lowest BCUT2D eigenvalue weighted by atomic mass is 10.0. The molecule has 0 saturated heterocycles. The summed E-state index contributed by atoms with van der Waals surface area (Å²) in [5, 5.41) is 0. The lowest BCUT2D eigenvalue weighted by molar-refractivity contribution is -0.118. The first kappa shape index (κ1) is 18.1. The van der Waals surface area contributed by atoms with E-state index in [1.165, 1.54) is 0 Å². The van der Waals surface area contributed by atoms with Gasteiger partial charge in [0.1, 0.15) is 5.78 Å². The summed E-state index contributed by atoms with van der Waals surface area (Å²) in [4.78, 5) is 11.1. The highest BCUT2D eigenvalue weighted by Gasteiger charge is 2.01. The Kier molecular flexibility index (Phi) is 13.6. The maximum atomic E-state index is 11.1. The first-order chi connectivity index (χ1) is 8.15. The Labute approximate surface area is 106 Å².